The maximum Gasteiger partial charge on any atom is 0.341 e. The second-order valence-corrected chi connectivity index (χ2v) is 23.3. The number of aliphatic hydroxyl groups excluding tert-OH is 2. The summed E-state index contributed by atoms with van der Waals surface area (Å²) in [6, 6.07) is 39.7. The van der Waals surface area contributed by atoms with Crippen LogP contribution in [0, 0.1) is 0 Å². The molecule has 0 bridgehead atoms. The van der Waals surface area contributed by atoms with Gasteiger partial charge in [-0.25, -0.2) is 19.8 Å². The number of benzene rings is 6. The highest BCUT2D eigenvalue weighted by Gasteiger charge is 2.25. The molecular weight excluding hydrogens is 1190 g/mol. The van der Waals surface area contributed by atoms with Crippen molar-refractivity contribution < 1.29 is 49.1 Å². The van der Waals surface area contributed by atoms with Gasteiger partial charge < -0.3 is 57.1 Å². The first-order valence-electron chi connectivity index (χ1n) is 32.3. The summed E-state index contributed by atoms with van der Waals surface area (Å²) in [7, 11) is 0. The molecule has 0 aliphatic carbocycles. The van der Waals surface area contributed by atoms with Gasteiger partial charge in [-0.05, 0) is 132 Å². The molecule has 1 unspecified atom stereocenters. The van der Waals surface area contributed by atoms with Crippen LogP contribution < -0.4 is 21.9 Å². The molecule has 3 heterocycles. The van der Waals surface area contributed by atoms with Crippen molar-refractivity contribution in [3.63, 3.8) is 0 Å². The summed E-state index contributed by atoms with van der Waals surface area (Å²) in [6.07, 6.45) is 11.3. The number of hydrogen-bond acceptors (Lipinski definition) is 14. The topological polar surface area (TPSA) is 300 Å². The summed E-state index contributed by atoms with van der Waals surface area (Å²) in [4.78, 5) is 80.1. The fourth-order valence-electron chi connectivity index (χ4n) is 11.2. The Bertz CT molecular complexity index is 3810. The Kier molecular flexibility index (Phi) is 26.7. The summed E-state index contributed by atoms with van der Waals surface area (Å²) in [5.74, 6) is -0.0749. The molecule has 3 amide bonds. The van der Waals surface area contributed by atoms with Gasteiger partial charge in [0.15, 0.2) is 6.61 Å². The molecule has 9 rings (SSSR count). The molecular formula is C75H89N9O10. The zero-order chi connectivity index (χ0) is 67.8. The number of aliphatic imine (C=N–C) groups is 3. The van der Waals surface area contributed by atoms with Gasteiger partial charge in [0.2, 0.25) is 17.7 Å². The molecule has 0 saturated heterocycles. The Morgan fingerprint density at radius 1 is 0.447 bits per heavy atom. The van der Waals surface area contributed by atoms with E-state index in [1.54, 1.807) is 24.3 Å². The van der Waals surface area contributed by atoms with Crippen molar-refractivity contribution in [3.05, 3.63) is 172 Å². The Balaban J connectivity index is 0.000000200. The third kappa shape index (κ3) is 20.0. The predicted molar refractivity (Wildman–Crippen MR) is 375 cm³/mol. The number of carboxylic acid groups (broad SMARTS) is 2. The molecule has 19 heteroatoms. The van der Waals surface area contributed by atoms with Crippen LogP contribution in [0.25, 0.3) is 51.6 Å². The van der Waals surface area contributed by atoms with E-state index in [0.717, 1.165) is 145 Å². The van der Waals surface area contributed by atoms with Gasteiger partial charge in [0.25, 0.3) is 0 Å². The van der Waals surface area contributed by atoms with E-state index in [1.807, 2.05) is 136 Å². The van der Waals surface area contributed by atoms with Crippen molar-refractivity contribution in [3.8, 4) is 39.1 Å². The second-order valence-electron chi connectivity index (χ2n) is 23.3. The van der Waals surface area contributed by atoms with Gasteiger partial charge in [0.1, 0.15) is 29.4 Å². The molecule has 0 radical (unpaired) electrons. The Morgan fingerprint density at radius 2 is 0.755 bits per heavy atom. The number of carboxylic acids is 2. The number of amides is 3. The molecule has 94 heavy (non-hydrogen) atoms. The molecule has 0 aromatic heterocycles. The largest absolute Gasteiger partial charge is 0.482 e. The van der Waals surface area contributed by atoms with Crippen LogP contribution >= 0.6 is 0 Å². The third-order valence-electron chi connectivity index (χ3n) is 15.6. The Hall–Kier alpha value is -9.98. The molecule has 1 atom stereocenters. The van der Waals surface area contributed by atoms with Crippen LogP contribution in [-0.4, -0.2) is 135 Å². The van der Waals surface area contributed by atoms with Gasteiger partial charge in [-0.15, -0.1) is 0 Å². The summed E-state index contributed by atoms with van der Waals surface area (Å²) in [5, 5.41) is 36.5. The van der Waals surface area contributed by atoms with E-state index in [2.05, 4.69) is 56.5 Å². The van der Waals surface area contributed by atoms with Crippen molar-refractivity contribution in [2.75, 3.05) is 52.5 Å². The summed E-state index contributed by atoms with van der Waals surface area (Å²) in [6.45, 7) is 16.1. The van der Waals surface area contributed by atoms with Crippen molar-refractivity contribution in [1.29, 1.82) is 0 Å². The number of rotatable bonds is 25. The number of hydrogen-bond donors (Lipinski definition) is 7. The number of nitrogens with two attached hydrogens (primary N) is 3. The molecule has 0 spiro atoms. The number of amidine groups is 3. The second kappa shape index (κ2) is 35.2. The molecule has 3 aliphatic heterocycles. The monoisotopic (exact) mass is 1280 g/mol. The maximum atomic E-state index is 13.1. The number of carbonyl (C=O) groups is 5. The summed E-state index contributed by atoms with van der Waals surface area (Å²) < 4.78 is 5.19. The standard InChI is InChI=1S/C25H29N3O4.C25H31N3O3.C25H29N3O3/c1-3-11-28(12-4-2)25(31)20-13-19-6-5-18(14-22(19)27-23(26)15-20)17-7-9-21(10-8-17)32-16-24(29)30;1-3-11-28(12-4-2)25(31)21-13-20-10-9-19(14-22(20)27-24(26)15-21)17-5-7-18(8-6-17)23(30)16-29;1-3-11-28(12-4-2)25(31)21-14-20-10-9-19(15-22(20)27-23(26)16-21)18-7-5-17(6-8-18)13-24(29)30/h5-10,13-14H,3-4,11-12,15-16H2,1-2H3,(H2,26,27)(H,29,30);5-10,13-14,23,29-30H,3-4,11-12,15-16H2,1-2H3,(H2,26,27);5-10,14-15H,3-4,11-13,16H2,1-2H3,(H2,26,27)(H,29,30). The van der Waals surface area contributed by atoms with E-state index >= 15 is 0 Å². The van der Waals surface area contributed by atoms with Crippen LogP contribution in [-0.2, 0) is 30.4 Å². The summed E-state index contributed by atoms with van der Waals surface area (Å²) >= 11 is 0. The molecule has 0 saturated carbocycles. The fourth-order valence-corrected chi connectivity index (χ4v) is 11.2. The van der Waals surface area contributed by atoms with Gasteiger partial charge in [-0.2, -0.15) is 0 Å². The molecule has 0 fully saturated rings. The minimum atomic E-state index is -1.02. The fraction of sp³-hybridized carbons (Fsp3) is 0.333. The minimum absolute atomic E-state index is 0.0000247. The quantitative estimate of drug-likeness (QED) is 0.0281. The number of aliphatic carboxylic acids is 2. The normalized spacial score (nSPS) is 13.3. The van der Waals surface area contributed by atoms with Crippen LogP contribution in [0.1, 0.15) is 133 Å². The average molecular weight is 1280 g/mol. The maximum absolute atomic E-state index is 13.1. The molecule has 19 nitrogen and oxygen atoms in total. The zero-order valence-electron chi connectivity index (χ0n) is 54.8. The highest BCUT2D eigenvalue weighted by Crippen LogP contribution is 2.36. The number of ether oxygens (including phenoxy) is 1. The van der Waals surface area contributed by atoms with Crippen molar-refractivity contribution in [2.45, 2.75) is 112 Å². The van der Waals surface area contributed by atoms with Gasteiger partial charge >= 0.3 is 11.9 Å². The van der Waals surface area contributed by atoms with Crippen LogP contribution in [0.3, 0.4) is 0 Å². The number of fused-ring (bicyclic) bond motifs is 3. The van der Waals surface area contributed by atoms with E-state index in [0.29, 0.717) is 70.5 Å². The highest BCUT2D eigenvalue weighted by molar-refractivity contribution is 6.08. The van der Waals surface area contributed by atoms with E-state index in [1.165, 1.54) is 0 Å². The lowest BCUT2D eigenvalue weighted by Gasteiger charge is -2.22. The first-order valence-corrected chi connectivity index (χ1v) is 32.3. The van der Waals surface area contributed by atoms with Gasteiger partial charge in [0.05, 0.1) is 30.1 Å². The van der Waals surface area contributed by atoms with Crippen LogP contribution in [0.15, 0.2) is 159 Å². The number of aliphatic hydroxyl groups is 2. The van der Waals surface area contributed by atoms with Crippen LogP contribution in [0.4, 0.5) is 17.1 Å². The lowest BCUT2D eigenvalue weighted by molar-refractivity contribution is -0.139. The lowest BCUT2D eigenvalue weighted by Crippen LogP contribution is -2.34. The smallest absolute Gasteiger partial charge is 0.341 e. The Labute approximate surface area is 551 Å². The van der Waals surface area contributed by atoms with Crippen molar-refractivity contribution in [2.24, 2.45) is 32.2 Å². The number of carbonyl (C=O) groups excluding carboxylic acids is 3. The predicted octanol–water partition coefficient (Wildman–Crippen LogP) is 12.5. The SMILES string of the molecule is CCCN(CCC)C(=O)C1=Cc2ccc(-c3ccc(C(O)CO)cc3)cc2N=C(N)C1.CCCN(CCC)C(=O)C1=Cc2ccc(-c3ccc(CC(=O)O)cc3)cc2N=C(N)C1.CCCN(CCC)C(=O)C1=Cc2ccc(-c3ccc(OCC(=O)O)cc3)cc2N=C(N)C1. The van der Waals surface area contributed by atoms with Crippen LogP contribution in [0.5, 0.6) is 5.75 Å². The minimum Gasteiger partial charge on any atom is -0.482 e. The van der Waals surface area contributed by atoms with Gasteiger partial charge in [0, 0.05) is 91.9 Å². The van der Waals surface area contributed by atoms with Crippen molar-refractivity contribution in [1.82, 2.24) is 14.7 Å². The van der Waals surface area contributed by atoms with Crippen LogP contribution in [0.2, 0.25) is 0 Å². The first-order chi connectivity index (χ1) is 45.3. The molecule has 494 valence electrons. The first kappa shape index (κ1) is 71.5. The van der Waals surface area contributed by atoms with E-state index in [9.17, 15) is 29.1 Å². The lowest BCUT2D eigenvalue weighted by atomic mass is 9.99. The zero-order valence-corrected chi connectivity index (χ0v) is 54.8. The molecule has 6 aromatic rings. The highest BCUT2D eigenvalue weighted by atomic mass is 16.5. The summed E-state index contributed by atoms with van der Waals surface area (Å²) in [5.41, 5.74) is 32.4. The van der Waals surface area contributed by atoms with E-state index in [-0.39, 0.29) is 37.4 Å². The average Bonchev–Trinajstić information content (AvgIpc) is 2.09. The Morgan fingerprint density at radius 3 is 1.05 bits per heavy atom. The molecule has 6 aromatic carbocycles. The van der Waals surface area contributed by atoms with Gasteiger partial charge in [-0.3, -0.25) is 19.2 Å². The van der Waals surface area contributed by atoms with E-state index in [4.69, 9.17) is 37.3 Å². The molecule has 10 N–H and O–H groups in total. The number of nitrogens with zero attached hydrogens (tertiary/aromatic N) is 6. The van der Waals surface area contributed by atoms with Crippen molar-refractivity contribution >= 4 is 82.5 Å². The van der Waals surface area contributed by atoms with Gasteiger partial charge in [-0.1, -0.05) is 139 Å². The van der Waals surface area contributed by atoms with E-state index < -0.39 is 18.0 Å². The molecule has 3 aliphatic rings. The third-order valence-corrected chi connectivity index (χ3v) is 15.6.